The van der Waals surface area contributed by atoms with E-state index in [2.05, 4.69) is 15.0 Å². The molecule has 2 heterocycles. The summed E-state index contributed by atoms with van der Waals surface area (Å²) in [5.41, 5.74) is 0. The van der Waals surface area contributed by atoms with E-state index in [0.29, 0.717) is 25.0 Å². The van der Waals surface area contributed by atoms with Gasteiger partial charge in [0.25, 0.3) is 0 Å². The Kier molecular flexibility index (Phi) is 4.38. The minimum absolute atomic E-state index is 0.00393. The Morgan fingerprint density at radius 1 is 1.37 bits per heavy atom. The van der Waals surface area contributed by atoms with E-state index in [9.17, 15) is 5.11 Å². The number of halogens is 1. The summed E-state index contributed by atoms with van der Waals surface area (Å²) >= 11 is 5.92. The van der Waals surface area contributed by atoms with Gasteiger partial charge in [-0.3, -0.25) is 0 Å². The number of hydrogen-bond acceptors (Lipinski definition) is 7. The third-order valence-corrected chi connectivity index (χ3v) is 2.97. The lowest BCUT2D eigenvalue weighted by molar-refractivity contribution is -0.0425. The summed E-state index contributed by atoms with van der Waals surface area (Å²) in [4.78, 5) is 16.3. The maximum atomic E-state index is 9.23. The molecule has 0 aliphatic carbocycles. The van der Waals surface area contributed by atoms with E-state index in [1.807, 2.05) is 25.9 Å². The van der Waals surface area contributed by atoms with Gasteiger partial charge in [-0.2, -0.15) is 15.0 Å². The SMILES string of the molecule is CC1CN(c2nc(Cl)nc(N(C)C)n2)CC(CO)O1. The van der Waals surface area contributed by atoms with Crippen LogP contribution in [0.3, 0.4) is 0 Å². The van der Waals surface area contributed by atoms with Crippen molar-refractivity contribution in [2.45, 2.75) is 19.1 Å². The molecule has 2 unspecified atom stereocenters. The van der Waals surface area contributed by atoms with E-state index in [-0.39, 0.29) is 24.1 Å². The molecule has 1 aliphatic rings. The van der Waals surface area contributed by atoms with Crippen molar-refractivity contribution in [2.24, 2.45) is 0 Å². The summed E-state index contributed by atoms with van der Waals surface area (Å²) in [5.74, 6) is 1.02. The van der Waals surface area contributed by atoms with Crippen molar-refractivity contribution in [1.82, 2.24) is 15.0 Å². The lowest BCUT2D eigenvalue weighted by atomic mass is 10.2. The zero-order valence-electron chi connectivity index (χ0n) is 11.2. The highest BCUT2D eigenvalue weighted by molar-refractivity contribution is 6.28. The van der Waals surface area contributed by atoms with Crippen LogP contribution in [0.2, 0.25) is 5.28 Å². The minimum Gasteiger partial charge on any atom is -0.394 e. The normalized spacial score (nSPS) is 23.5. The average Bonchev–Trinajstić information content (AvgIpc) is 2.37. The molecule has 0 saturated carbocycles. The maximum Gasteiger partial charge on any atom is 0.231 e. The van der Waals surface area contributed by atoms with Gasteiger partial charge in [0.1, 0.15) is 0 Å². The topological polar surface area (TPSA) is 74.6 Å². The summed E-state index contributed by atoms with van der Waals surface area (Å²) < 4.78 is 5.59. The molecule has 0 spiro atoms. The fraction of sp³-hybridized carbons (Fsp3) is 0.727. The molecule has 1 aromatic heterocycles. The van der Waals surface area contributed by atoms with Gasteiger partial charge in [0.15, 0.2) is 0 Å². The number of hydrogen-bond donors (Lipinski definition) is 1. The first-order chi connectivity index (χ1) is 8.99. The van der Waals surface area contributed by atoms with Gasteiger partial charge in [-0.05, 0) is 18.5 Å². The quantitative estimate of drug-likeness (QED) is 0.850. The maximum absolute atomic E-state index is 9.23. The Balaban J connectivity index is 2.25. The average molecular weight is 288 g/mol. The molecule has 0 bridgehead atoms. The molecule has 7 nitrogen and oxygen atoms in total. The van der Waals surface area contributed by atoms with Crippen LogP contribution in [0.15, 0.2) is 0 Å². The first kappa shape index (κ1) is 14.2. The highest BCUT2D eigenvalue weighted by Gasteiger charge is 2.27. The van der Waals surface area contributed by atoms with Gasteiger partial charge in [-0.25, -0.2) is 0 Å². The first-order valence-electron chi connectivity index (χ1n) is 6.09. The number of anilines is 2. The number of morpholine rings is 1. The van der Waals surface area contributed by atoms with Gasteiger partial charge < -0.3 is 19.6 Å². The van der Waals surface area contributed by atoms with Crippen molar-refractivity contribution < 1.29 is 9.84 Å². The smallest absolute Gasteiger partial charge is 0.231 e. The van der Waals surface area contributed by atoms with Gasteiger partial charge in [0, 0.05) is 27.2 Å². The molecule has 1 aromatic rings. The molecule has 8 heteroatoms. The van der Waals surface area contributed by atoms with E-state index in [4.69, 9.17) is 16.3 Å². The highest BCUT2D eigenvalue weighted by atomic mass is 35.5. The molecular formula is C11H18ClN5O2. The van der Waals surface area contributed by atoms with Crippen LogP contribution in [-0.4, -0.2) is 66.1 Å². The molecular weight excluding hydrogens is 270 g/mol. The van der Waals surface area contributed by atoms with E-state index in [0.717, 1.165) is 0 Å². The molecule has 2 atom stereocenters. The number of ether oxygens (including phenoxy) is 1. The molecule has 1 fully saturated rings. The third kappa shape index (κ3) is 3.43. The van der Waals surface area contributed by atoms with Crippen LogP contribution >= 0.6 is 11.6 Å². The Morgan fingerprint density at radius 3 is 2.74 bits per heavy atom. The Bertz CT molecular complexity index is 445. The van der Waals surface area contributed by atoms with Crippen molar-refractivity contribution >= 4 is 23.5 Å². The van der Waals surface area contributed by atoms with E-state index in [1.165, 1.54) is 0 Å². The molecule has 1 N–H and O–H groups in total. The number of nitrogens with zero attached hydrogens (tertiary/aromatic N) is 5. The lowest BCUT2D eigenvalue weighted by Gasteiger charge is -2.36. The summed E-state index contributed by atoms with van der Waals surface area (Å²) in [7, 11) is 3.68. The number of rotatable bonds is 3. The lowest BCUT2D eigenvalue weighted by Crippen LogP contribution is -2.48. The molecule has 1 aliphatic heterocycles. The second-order valence-electron chi connectivity index (χ2n) is 4.76. The fourth-order valence-corrected chi connectivity index (χ4v) is 2.13. The largest absolute Gasteiger partial charge is 0.394 e. The molecule has 19 heavy (non-hydrogen) atoms. The summed E-state index contributed by atoms with van der Waals surface area (Å²) in [5, 5.41) is 9.39. The molecule has 0 radical (unpaired) electrons. The van der Waals surface area contributed by atoms with E-state index in [1.54, 1.807) is 4.90 Å². The van der Waals surface area contributed by atoms with Crippen molar-refractivity contribution in [2.75, 3.05) is 43.6 Å². The van der Waals surface area contributed by atoms with Crippen LogP contribution < -0.4 is 9.80 Å². The molecule has 0 aromatic carbocycles. The zero-order chi connectivity index (χ0) is 14.0. The Labute approximate surface area is 117 Å². The number of aliphatic hydroxyl groups is 1. The van der Waals surface area contributed by atoms with Crippen molar-refractivity contribution in [3.8, 4) is 0 Å². The summed E-state index contributed by atoms with van der Waals surface area (Å²) in [6.07, 6.45) is -0.230. The second kappa shape index (κ2) is 5.85. The van der Waals surface area contributed by atoms with Gasteiger partial charge >= 0.3 is 0 Å². The van der Waals surface area contributed by atoms with Crippen molar-refractivity contribution in [3.05, 3.63) is 5.28 Å². The predicted molar refractivity (Wildman–Crippen MR) is 72.8 cm³/mol. The van der Waals surface area contributed by atoms with Gasteiger partial charge in [-0.15, -0.1) is 0 Å². The predicted octanol–water partition coefficient (Wildman–Crippen LogP) is 0.177. The van der Waals surface area contributed by atoms with Gasteiger partial charge in [0.2, 0.25) is 17.2 Å². The van der Waals surface area contributed by atoms with E-state index >= 15 is 0 Å². The first-order valence-corrected chi connectivity index (χ1v) is 6.47. The Hall–Kier alpha value is -1.18. The van der Waals surface area contributed by atoms with Crippen molar-refractivity contribution in [1.29, 1.82) is 0 Å². The van der Waals surface area contributed by atoms with Gasteiger partial charge in [0.05, 0.1) is 18.8 Å². The molecule has 2 rings (SSSR count). The van der Waals surface area contributed by atoms with Crippen LogP contribution in [0, 0.1) is 0 Å². The number of aromatic nitrogens is 3. The fourth-order valence-electron chi connectivity index (χ4n) is 1.98. The second-order valence-corrected chi connectivity index (χ2v) is 5.09. The summed E-state index contributed by atoms with van der Waals surface area (Å²) in [6.45, 7) is 3.11. The zero-order valence-corrected chi connectivity index (χ0v) is 12.0. The molecule has 0 amide bonds. The minimum atomic E-state index is -0.234. The van der Waals surface area contributed by atoms with Crippen LogP contribution in [0.25, 0.3) is 0 Å². The standard InChI is InChI=1S/C11H18ClN5O2/c1-7-4-17(5-8(6-18)19-7)11-14-9(12)13-10(15-11)16(2)3/h7-8,18H,4-6H2,1-3H3. The van der Waals surface area contributed by atoms with Crippen LogP contribution in [0.5, 0.6) is 0 Å². The van der Waals surface area contributed by atoms with Gasteiger partial charge in [-0.1, -0.05) is 0 Å². The van der Waals surface area contributed by atoms with Crippen molar-refractivity contribution in [3.63, 3.8) is 0 Å². The van der Waals surface area contributed by atoms with Crippen LogP contribution in [-0.2, 0) is 4.74 Å². The summed E-state index contributed by atoms with van der Waals surface area (Å²) in [6, 6.07) is 0. The molecule has 1 saturated heterocycles. The van der Waals surface area contributed by atoms with Crippen LogP contribution in [0.1, 0.15) is 6.92 Å². The Morgan fingerprint density at radius 2 is 2.11 bits per heavy atom. The van der Waals surface area contributed by atoms with Crippen LogP contribution in [0.4, 0.5) is 11.9 Å². The van der Waals surface area contributed by atoms with E-state index < -0.39 is 0 Å². The molecule has 106 valence electrons. The monoisotopic (exact) mass is 287 g/mol. The third-order valence-electron chi connectivity index (χ3n) is 2.80. The number of aliphatic hydroxyl groups excluding tert-OH is 1. The highest BCUT2D eigenvalue weighted by Crippen LogP contribution is 2.19.